The van der Waals surface area contributed by atoms with Crippen LogP contribution in [-0.4, -0.2) is 17.2 Å². The highest BCUT2D eigenvalue weighted by Gasteiger charge is 2.16. The molecule has 4 heteroatoms. The molecule has 1 N–H and O–H groups in total. The van der Waals surface area contributed by atoms with E-state index in [1.165, 1.54) is 31.4 Å². The number of aromatic nitrogens is 1. The van der Waals surface area contributed by atoms with Gasteiger partial charge in [0.2, 0.25) is 0 Å². The van der Waals surface area contributed by atoms with Crippen molar-refractivity contribution in [3.8, 4) is 5.75 Å². The lowest BCUT2D eigenvalue weighted by molar-refractivity contribution is 0.209. The molecule has 2 rings (SSSR count). The number of nitrogens with zero attached hydrogens (tertiary/aromatic N) is 1. The molecule has 1 aromatic heterocycles. The first-order valence-corrected chi connectivity index (χ1v) is 5.15. The summed E-state index contributed by atoms with van der Waals surface area (Å²) in [5.41, 5.74) is 0.991. The van der Waals surface area contributed by atoms with Crippen molar-refractivity contribution in [1.82, 2.24) is 4.98 Å². The number of methoxy groups -OCH3 is 1. The smallest absolute Gasteiger partial charge is 0.143 e. The van der Waals surface area contributed by atoms with Crippen LogP contribution in [0.25, 0.3) is 0 Å². The molecule has 0 aliphatic carbocycles. The van der Waals surface area contributed by atoms with Crippen LogP contribution in [0.3, 0.4) is 0 Å². The summed E-state index contributed by atoms with van der Waals surface area (Å²) >= 11 is 0. The number of aliphatic hydroxyl groups is 1. The van der Waals surface area contributed by atoms with E-state index in [0.29, 0.717) is 17.0 Å². The van der Waals surface area contributed by atoms with E-state index in [1.807, 2.05) is 0 Å². The van der Waals surface area contributed by atoms with Crippen LogP contribution in [0, 0.1) is 5.82 Å². The van der Waals surface area contributed by atoms with Crippen molar-refractivity contribution >= 4 is 0 Å². The summed E-state index contributed by atoms with van der Waals surface area (Å²) in [6.45, 7) is 0. The van der Waals surface area contributed by atoms with E-state index in [0.717, 1.165) is 0 Å². The van der Waals surface area contributed by atoms with Crippen LogP contribution >= 0.6 is 0 Å². The van der Waals surface area contributed by atoms with Crippen molar-refractivity contribution in [1.29, 1.82) is 0 Å². The first kappa shape index (κ1) is 11.5. The lowest BCUT2D eigenvalue weighted by atomic mass is 10.1. The van der Waals surface area contributed by atoms with Crippen LogP contribution in [0.1, 0.15) is 17.4 Å². The predicted octanol–water partition coefficient (Wildman–Crippen LogP) is 2.31. The maximum atomic E-state index is 12.8. The van der Waals surface area contributed by atoms with E-state index in [4.69, 9.17) is 4.74 Å². The van der Waals surface area contributed by atoms with Crippen molar-refractivity contribution in [2.24, 2.45) is 0 Å². The van der Waals surface area contributed by atoms with E-state index in [-0.39, 0.29) is 5.82 Å². The average Bonchev–Trinajstić information content (AvgIpc) is 2.39. The number of halogens is 1. The molecule has 3 nitrogen and oxygen atoms in total. The fourth-order valence-electron chi connectivity index (χ4n) is 1.58. The summed E-state index contributed by atoms with van der Waals surface area (Å²) in [6, 6.07) is 9.08. The van der Waals surface area contributed by atoms with E-state index < -0.39 is 6.10 Å². The zero-order valence-corrected chi connectivity index (χ0v) is 9.30. The number of benzene rings is 1. The third-order valence-corrected chi connectivity index (χ3v) is 2.46. The summed E-state index contributed by atoms with van der Waals surface area (Å²) in [5.74, 6) is 0.165. The Balaban J connectivity index is 2.36. The molecule has 0 radical (unpaired) electrons. The molecule has 1 heterocycles. The van der Waals surface area contributed by atoms with E-state index in [9.17, 15) is 9.50 Å². The molecule has 1 atom stereocenters. The van der Waals surface area contributed by atoms with Gasteiger partial charge in [0.15, 0.2) is 0 Å². The highest BCUT2D eigenvalue weighted by Crippen LogP contribution is 2.27. The molecule has 2 aromatic rings. The topological polar surface area (TPSA) is 42.4 Å². The molecule has 1 aromatic carbocycles. The molecule has 0 fully saturated rings. The molecular formula is C13H12FNO2. The standard InChI is InChI=1S/C13H12FNO2/c1-17-11-3-2-8-15-12(11)13(16)9-4-6-10(14)7-5-9/h2-8,13,16H,1H3. The van der Waals surface area contributed by atoms with Crippen LogP contribution in [0.2, 0.25) is 0 Å². The van der Waals surface area contributed by atoms with Gasteiger partial charge in [0.05, 0.1) is 7.11 Å². The number of pyridine rings is 1. The second kappa shape index (κ2) is 4.93. The maximum absolute atomic E-state index is 12.8. The fourth-order valence-corrected chi connectivity index (χ4v) is 1.58. The van der Waals surface area contributed by atoms with E-state index >= 15 is 0 Å². The van der Waals surface area contributed by atoms with Crippen molar-refractivity contribution < 1.29 is 14.2 Å². The second-order valence-corrected chi connectivity index (χ2v) is 3.54. The van der Waals surface area contributed by atoms with Gasteiger partial charge < -0.3 is 9.84 Å². The molecule has 0 amide bonds. The molecule has 88 valence electrons. The maximum Gasteiger partial charge on any atom is 0.143 e. The highest BCUT2D eigenvalue weighted by atomic mass is 19.1. The van der Waals surface area contributed by atoms with Gasteiger partial charge >= 0.3 is 0 Å². The van der Waals surface area contributed by atoms with E-state index in [2.05, 4.69) is 4.98 Å². The largest absolute Gasteiger partial charge is 0.495 e. The Bertz CT molecular complexity index is 499. The quantitative estimate of drug-likeness (QED) is 0.884. The first-order valence-electron chi connectivity index (χ1n) is 5.15. The third kappa shape index (κ3) is 2.42. The molecule has 0 aliphatic rings. The Kier molecular flexibility index (Phi) is 3.35. The number of rotatable bonds is 3. The Hall–Kier alpha value is -1.94. The van der Waals surface area contributed by atoms with Gasteiger partial charge in [-0.05, 0) is 29.8 Å². The summed E-state index contributed by atoms with van der Waals surface area (Å²) in [4.78, 5) is 4.08. The number of hydrogen-bond acceptors (Lipinski definition) is 3. The Morgan fingerprint density at radius 2 is 1.94 bits per heavy atom. The van der Waals surface area contributed by atoms with Crippen molar-refractivity contribution in [3.63, 3.8) is 0 Å². The van der Waals surface area contributed by atoms with Gasteiger partial charge in [-0.1, -0.05) is 12.1 Å². The van der Waals surface area contributed by atoms with E-state index in [1.54, 1.807) is 18.3 Å². The SMILES string of the molecule is COc1cccnc1C(O)c1ccc(F)cc1. The minimum absolute atomic E-state index is 0.339. The van der Waals surface area contributed by atoms with Gasteiger partial charge in [-0.25, -0.2) is 4.39 Å². The highest BCUT2D eigenvalue weighted by molar-refractivity contribution is 5.35. The third-order valence-electron chi connectivity index (χ3n) is 2.46. The number of ether oxygens (including phenoxy) is 1. The zero-order chi connectivity index (χ0) is 12.3. The lowest BCUT2D eigenvalue weighted by Crippen LogP contribution is -2.04. The molecule has 1 unspecified atom stereocenters. The summed E-state index contributed by atoms with van der Waals surface area (Å²) < 4.78 is 17.9. The Labute approximate surface area is 98.5 Å². The second-order valence-electron chi connectivity index (χ2n) is 3.54. The minimum atomic E-state index is -0.924. The van der Waals surface area contributed by atoms with Gasteiger partial charge in [0.1, 0.15) is 23.4 Å². The fraction of sp³-hybridized carbons (Fsp3) is 0.154. The molecule has 0 aliphatic heterocycles. The summed E-state index contributed by atoms with van der Waals surface area (Å²) in [7, 11) is 1.51. The van der Waals surface area contributed by atoms with Crippen molar-refractivity contribution in [3.05, 3.63) is 59.7 Å². The van der Waals surface area contributed by atoms with Gasteiger partial charge in [-0.15, -0.1) is 0 Å². The van der Waals surface area contributed by atoms with Gasteiger partial charge in [-0.3, -0.25) is 4.98 Å². The van der Waals surface area contributed by atoms with Crippen molar-refractivity contribution in [2.45, 2.75) is 6.10 Å². The summed E-state index contributed by atoms with van der Waals surface area (Å²) in [6.07, 6.45) is 0.650. The zero-order valence-electron chi connectivity index (χ0n) is 9.30. The van der Waals surface area contributed by atoms with Crippen LogP contribution in [0.5, 0.6) is 5.75 Å². The Morgan fingerprint density at radius 3 is 2.59 bits per heavy atom. The minimum Gasteiger partial charge on any atom is -0.495 e. The predicted molar refractivity (Wildman–Crippen MR) is 61.3 cm³/mol. The lowest BCUT2D eigenvalue weighted by Gasteiger charge is -2.13. The van der Waals surface area contributed by atoms with Gasteiger partial charge in [0, 0.05) is 6.20 Å². The Morgan fingerprint density at radius 1 is 1.24 bits per heavy atom. The van der Waals surface area contributed by atoms with Crippen LogP contribution in [0.4, 0.5) is 4.39 Å². The molecule has 17 heavy (non-hydrogen) atoms. The molecule has 0 saturated heterocycles. The average molecular weight is 233 g/mol. The summed E-state index contributed by atoms with van der Waals surface area (Å²) in [5, 5.41) is 10.1. The molecule has 0 spiro atoms. The molecular weight excluding hydrogens is 221 g/mol. The monoisotopic (exact) mass is 233 g/mol. The van der Waals surface area contributed by atoms with Gasteiger partial charge in [-0.2, -0.15) is 0 Å². The van der Waals surface area contributed by atoms with Crippen LogP contribution in [-0.2, 0) is 0 Å². The first-order chi connectivity index (χ1) is 8.22. The number of hydrogen-bond donors (Lipinski definition) is 1. The molecule has 0 saturated carbocycles. The van der Waals surface area contributed by atoms with Gasteiger partial charge in [0.25, 0.3) is 0 Å². The van der Waals surface area contributed by atoms with Crippen molar-refractivity contribution in [2.75, 3.05) is 7.11 Å². The van der Waals surface area contributed by atoms with Crippen LogP contribution in [0.15, 0.2) is 42.6 Å². The molecule has 0 bridgehead atoms. The van der Waals surface area contributed by atoms with Crippen LogP contribution < -0.4 is 4.74 Å². The normalized spacial score (nSPS) is 12.2. The number of aliphatic hydroxyl groups excluding tert-OH is 1.